The third-order valence-corrected chi connectivity index (χ3v) is 25.3. The quantitative estimate of drug-likeness (QED) is 0.101. The minimum atomic E-state index is -2.05. The monoisotopic (exact) mass is 1100 g/mol. The third kappa shape index (κ3) is 7.92. The van der Waals surface area contributed by atoms with Crippen LogP contribution in [0.2, 0.25) is 78.6 Å². The molecule has 0 saturated carbocycles. The second-order valence-corrected chi connectivity index (χ2v) is 46.8. The summed E-state index contributed by atoms with van der Waals surface area (Å²) >= 11 is 0. The van der Waals surface area contributed by atoms with E-state index in [9.17, 15) is 0 Å². The van der Waals surface area contributed by atoms with Gasteiger partial charge in [-0.1, -0.05) is 247 Å². The Morgan fingerprint density at radius 2 is 0.637 bits per heavy atom. The largest absolute Gasteiger partial charge is 0.454 e. The fourth-order valence-electron chi connectivity index (χ4n) is 13.0. The highest BCUT2D eigenvalue weighted by Crippen LogP contribution is 2.52. The van der Waals surface area contributed by atoms with Crippen molar-refractivity contribution in [2.75, 3.05) is 9.80 Å². The number of benzene rings is 12. The van der Waals surface area contributed by atoms with Crippen molar-refractivity contribution in [3.63, 3.8) is 0 Å². The normalized spacial score (nSPS) is 13.0. The highest BCUT2D eigenvalue weighted by Gasteiger charge is 2.34. The molecule has 2 heterocycles. The molecule has 80 heavy (non-hydrogen) atoms. The molecule has 0 spiro atoms. The van der Waals surface area contributed by atoms with Gasteiger partial charge >= 0.3 is 0 Å². The molecule has 394 valence electrons. The summed E-state index contributed by atoms with van der Waals surface area (Å²) in [5, 5.41) is 22.6. The average Bonchev–Trinajstić information content (AvgIpc) is 4.16. The number of anilines is 6. The zero-order valence-electron chi connectivity index (χ0n) is 48.2. The number of nitrogens with zero attached hydrogens (tertiary/aromatic N) is 2. The van der Waals surface area contributed by atoms with Crippen LogP contribution in [0.15, 0.2) is 203 Å². The van der Waals surface area contributed by atoms with Crippen LogP contribution in [0, 0.1) is 0 Å². The Morgan fingerprint density at radius 1 is 0.275 bits per heavy atom. The fourth-order valence-corrected chi connectivity index (χ4v) is 18.4. The first kappa shape index (κ1) is 50.5. The van der Waals surface area contributed by atoms with Crippen LogP contribution >= 0.6 is 0 Å². The molecule has 0 aliphatic rings. The number of rotatable bonds is 10. The molecule has 0 atom stereocenters. The molecule has 0 saturated heterocycles. The van der Waals surface area contributed by atoms with Crippen LogP contribution in [-0.4, -0.2) is 32.3 Å². The molecule has 12 aromatic carbocycles. The number of para-hydroxylation sites is 4. The van der Waals surface area contributed by atoms with Crippen LogP contribution < -0.4 is 30.5 Å². The molecule has 0 amide bonds. The number of furan rings is 2. The van der Waals surface area contributed by atoms with Crippen LogP contribution in [0.4, 0.5) is 34.1 Å². The van der Waals surface area contributed by atoms with E-state index in [1.807, 2.05) is 0 Å². The second-order valence-electron chi connectivity index (χ2n) is 26.6. The van der Waals surface area contributed by atoms with Crippen molar-refractivity contribution in [1.29, 1.82) is 0 Å². The second kappa shape index (κ2) is 17.9. The molecule has 4 nitrogen and oxygen atoms in total. The van der Waals surface area contributed by atoms with Crippen molar-refractivity contribution in [3.8, 4) is 0 Å². The first-order valence-electron chi connectivity index (χ1n) is 28.5. The lowest BCUT2D eigenvalue weighted by Gasteiger charge is -2.35. The zero-order valence-corrected chi connectivity index (χ0v) is 52.2. The minimum absolute atomic E-state index is 0.891. The van der Waals surface area contributed by atoms with Crippen molar-refractivity contribution >= 4 is 185 Å². The van der Waals surface area contributed by atoms with E-state index in [1.165, 1.54) is 86.0 Å². The summed E-state index contributed by atoms with van der Waals surface area (Å²) < 4.78 is 14.2. The van der Waals surface area contributed by atoms with Gasteiger partial charge in [0.25, 0.3) is 0 Å². The summed E-state index contributed by atoms with van der Waals surface area (Å²) in [7, 11) is -7.60. The summed E-state index contributed by atoms with van der Waals surface area (Å²) in [6.07, 6.45) is 0. The van der Waals surface area contributed by atoms with Crippen molar-refractivity contribution in [3.05, 3.63) is 194 Å². The van der Waals surface area contributed by atoms with E-state index >= 15 is 0 Å². The van der Waals surface area contributed by atoms with Crippen molar-refractivity contribution < 1.29 is 8.83 Å². The van der Waals surface area contributed by atoms with E-state index in [0.29, 0.717) is 0 Å². The van der Waals surface area contributed by atoms with E-state index in [4.69, 9.17) is 8.83 Å². The highest BCUT2D eigenvalue weighted by molar-refractivity contribution is 6.91. The lowest BCUT2D eigenvalue weighted by atomic mass is 9.91. The Morgan fingerprint density at radius 3 is 1.04 bits per heavy atom. The van der Waals surface area contributed by atoms with Gasteiger partial charge in [0.15, 0.2) is 11.2 Å². The maximum Gasteiger partial charge on any atom is 0.159 e. The van der Waals surface area contributed by atoms with Crippen molar-refractivity contribution in [2.45, 2.75) is 78.6 Å². The van der Waals surface area contributed by atoms with E-state index in [2.05, 4.69) is 282 Å². The van der Waals surface area contributed by atoms with Gasteiger partial charge in [-0.05, 0) is 79.1 Å². The van der Waals surface area contributed by atoms with E-state index in [0.717, 1.165) is 66.6 Å². The topological polar surface area (TPSA) is 32.8 Å². The Kier molecular flexibility index (Phi) is 11.3. The average molecular weight is 1110 g/mol. The summed E-state index contributed by atoms with van der Waals surface area (Å²) in [6, 6.07) is 73.8. The minimum Gasteiger partial charge on any atom is -0.454 e. The summed E-state index contributed by atoms with van der Waals surface area (Å²) in [4.78, 5) is 5.23. The number of fused-ring (bicyclic) bond motifs is 8. The lowest BCUT2D eigenvalue weighted by molar-refractivity contribution is 0.669. The van der Waals surface area contributed by atoms with Gasteiger partial charge in [0.1, 0.15) is 11.2 Å². The summed E-state index contributed by atoms with van der Waals surface area (Å²) in [5.41, 5.74) is 10.4. The lowest BCUT2D eigenvalue weighted by Crippen LogP contribution is -2.41. The molecule has 14 rings (SSSR count). The van der Waals surface area contributed by atoms with Gasteiger partial charge in [0, 0.05) is 43.1 Å². The third-order valence-electron chi connectivity index (χ3n) is 17.1. The molecule has 14 aromatic rings. The fraction of sp³-hybridized carbons (Fsp3) is 0.167. The molecule has 0 aliphatic carbocycles. The van der Waals surface area contributed by atoms with Crippen LogP contribution in [0.3, 0.4) is 0 Å². The standard InChI is InChI=1S/C72H68N2O2Si4/c1-77(2,3)49-35-27-45-33-41-65(79(7,8)9)69(57(45)43-49)73(61-23-17-21-53-51-19-13-15-25-63(51)75-71(53)61)59-39-31-47-30-38-56-60(40-32-48-29-37-55(59)67(47)68(48)56)74(62-24-18-22-54-52-20-14-16-26-64(52)76-72(54)62)70-58-44-50(78(4,5)6)36-28-46(58)34-42-66(70)80(10,11)12/h13-44H,1-12H3. The molecule has 0 N–H and O–H groups in total. The first-order chi connectivity index (χ1) is 38.2. The molecular weight excluding hydrogens is 1040 g/mol. The molecule has 2 aromatic heterocycles. The molecule has 8 heteroatoms. The van der Waals surface area contributed by atoms with Crippen molar-refractivity contribution in [1.82, 2.24) is 0 Å². The predicted octanol–water partition coefficient (Wildman–Crippen LogP) is 19.8. The Balaban J connectivity index is 1.12. The molecule has 0 bridgehead atoms. The van der Waals surface area contributed by atoms with Gasteiger partial charge in [-0.3, -0.25) is 0 Å². The summed E-state index contributed by atoms with van der Waals surface area (Å²) in [6.45, 7) is 29.8. The van der Waals surface area contributed by atoms with Gasteiger partial charge in [-0.2, -0.15) is 0 Å². The highest BCUT2D eigenvalue weighted by atomic mass is 28.3. The number of hydrogen-bond acceptors (Lipinski definition) is 4. The van der Waals surface area contributed by atoms with Crippen LogP contribution in [-0.2, 0) is 0 Å². The zero-order chi connectivity index (χ0) is 55.4. The Labute approximate surface area is 473 Å². The maximum atomic E-state index is 7.08. The number of hydrogen-bond donors (Lipinski definition) is 0. The first-order valence-corrected chi connectivity index (χ1v) is 42.5. The van der Waals surface area contributed by atoms with Gasteiger partial charge in [-0.25, -0.2) is 0 Å². The summed E-state index contributed by atoms with van der Waals surface area (Å²) in [5.74, 6) is 0. The Bertz CT molecular complexity index is 4530. The maximum absolute atomic E-state index is 7.08. The van der Waals surface area contributed by atoms with Crippen molar-refractivity contribution in [2.24, 2.45) is 0 Å². The van der Waals surface area contributed by atoms with Crippen LogP contribution in [0.25, 0.3) is 97.7 Å². The predicted molar refractivity (Wildman–Crippen MR) is 361 cm³/mol. The smallest absolute Gasteiger partial charge is 0.159 e. The molecule has 0 unspecified atom stereocenters. The Hall–Kier alpha value is -7.73. The van der Waals surface area contributed by atoms with Gasteiger partial charge in [0.2, 0.25) is 0 Å². The van der Waals surface area contributed by atoms with E-state index in [-0.39, 0.29) is 0 Å². The molecule has 0 fully saturated rings. The van der Waals surface area contributed by atoms with Crippen LogP contribution in [0.5, 0.6) is 0 Å². The van der Waals surface area contributed by atoms with E-state index in [1.54, 1.807) is 0 Å². The SMILES string of the molecule is C[Si](C)(C)c1ccc2ccc([Si](C)(C)C)c(N(c3ccc4ccc5c(N(c6c([Si](C)(C)C)ccc7ccc([Si](C)(C)C)cc67)c6cccc7c6oc6ccccc67)ccc6ccc3c4c65)c3cccc4c3oc3ccccc34)c2c1. The van der Waals surface area contributed by atoms with Crippen LogP contribution in [0.1, 0.15) is 0 Å². The molecule has 0 radical (unpaired) electrons. The van der Waals surface area contributed by atoms with E-state index < -0.39 is 32.3 Å². The van der Waals surface area contributed by atoms with Gasteiger partial charge in [0.05, 0.1) is 66.4 Å². The molecular formula is C72H68N2O2Si4. The molecule has 0 aliphatic heterocycles. The van der Waals surface area contributed by atoms with Gasteiger partial charge < -0.3 is 18.6 Å². The van der Waals surface area contributed by atoms with Gasteiger partial charge in [-0.15, -0.1) is 0 Å².